The summed E-state index contributed by atoms with van der Waals surface area (Å²) in [6.07, 6.45) is -0.304. The van der Waals surface area contributed by atoms with Crippen LogP contribution in [0.15, 0.2) is 42.5 Å². The number of halogens is 2. The molecule has 1 aliphatic rings. The summed E-state index contributed by atoms with van der Waals surface area (Å²) < 4.78 is 0. The van der Waals surface area contributed by atoms with Crippen molar-refractivity contribution in [1.82, 2.24) is 5.32 Å². The summed E-state index contributed by atoms with van der Waals surface area (Å²) in [6, 6.07) is 12.8. The van der Waals surface area contributed by atoms with Gasteiger partial charge in [0.15, 0.2) is 0 Å². The van der Waals surface area contributed by atoms with E-state index in [1.54, 1.807) is 18.2 Å². The number of hydrogen-bond donors (Lipinski definition) is 1. The first-order valence-corrected chi connectivity index (χ1v) is 6.91. The maximum Gasteiger partial charge on any atom is 0.255 e. The third kappa shape index (κ3) is 2.13. The minimum Gasteiger partial charge on any atom is -0.350 e. The molecule has 0 aliphatic carbocycles. The van der Waals surface area contributed by atoms with Gasteiger partial charge in [0, 0.05) is 22.7 Å². The average molecular weight is 307 g/mol. The normalized spacial score (nSPS) is 17.6. The van der Waals surface area contributed by atoms with Crippen molar-refractivity contribution in [3.8, 4) is 0 Å². The van der Waals surface area contributed by atoms with Crippen LogP contribution in [0.25, 0.3) is 0 Å². The van der Waals surface area contributed by atoms with Crippen LogP contribution in [0.5, 0.6) is 0 Å². The second-order valence-electron chi connectivity index (χ2n) is 4.67. The van der Waals surface area contributed by atoms with E-state index >= 15 is 0 Å². The lowest BCUT2D eigenvalue weighted by Crippen LogP contribution is -2.44. The van der Waals surface area contributed by atoms with Crippen LogP contribution < -0.4 is 10.2 Å². The highest BCUT2D eigenvalue weighted by molar-refractivity contribution is 6.35. The first-order valence-electron chi connectivity index (χ1n) is 6.15. The number of carbonyl (C=O) groups excluding carboxylic acids is 1. The average Bonchev–Trinajstić information content (AvgIpc) is 2.43. The molecule has 1 N–H and O–H groups in total. The van der Waals surface area contributed by atoms with Gasteiger partial charge in [-0.1, -0.05) is 41.4 Å². The molecule has 0 saturated heterocycles. The van der Waals surface area contributed by atoms with Gasteiger partial charge in [-0.15, -0.1) is 0 Å². The minimum atomic E-state index is -0.304. The number of fused-ring (bicyclic) bond motifs is 1. The van der Waals surface area contributed by atoms with Crippen molar-refractivity contribution in [2.24, 2.45) is 0 Å². The number of hydrogen-bond acceptors (Lipinski definition) is 2. The number of anilines is 1. The standard InChI is InChI=1S/C15H12Cl2N2O/c1-19-13-5-3-2-4-11(13)15(20)18-14(19)10-7-6-9(16)8-12(10)17/h2-8,14H,1H3,(H,18,20). The molecule has 102 valence electrons. The smallest absolute Gasteiger partial charge is 0.255 e. The lowest BCUT2D eigenvalue weighted by Gasteiger charge is -2.36. The predicted molar refractivity (Wildman–Crippen MR) is 81.5 cm³/mol. The van der Waals surface area contributed by atoms with Crippen molar-refractivity contribution in [2.75, 3.05) is 11.9 Å². The van der Waals surface area contributed by atoms with Crippen LogP contribution in [0.3, 0.4) is 0 Å². The van der Waals surface area contributed by atoms with Gasteiger partial charge in [0.1, 0.15) is 6.17 Å². The van der Waals surface area contributed by atoms with Crippen molar-refractivity contribution in [1.29, 1.82) is 0 Å². The van der Waals surface area contributed by atoms with Crippen LogP contribution in [0.2, 0.25) is 10.0 Å². The number of rotatable bonds is 1. The lowest BCUT2D eigenvalue weighted by molar-refractivity contribution is 0.0928. The highest BCUT2D eigenvalue weighted by Crippen LogP contribution is 2.35. The maximum absolute atomic E-state index is 12.2. The van der Waals surface area contributed by atoms with Crippen LogP contribution in [0, 0.1) is 0 Å². The van der Waals surface area contributed by atoms with Gasteiger partial charge >= 0.3 is 0 Å². The predicted octanol–water partition coefficient (Wildman–Crippen LogP) is 3.87. The quantitative estimate of drug-likeness (QED) is 0.867. The van der Waals surface area contributed by atoms with E-state index in [1.165, 1.54) is 0 Å². The second kappa shape index (κ2) is 5.00. The van der Waals surface area contributed by atoms with Crippen LogP contribution in [-0.2, 0) is 0 Å². The van der Waals surface area contributed by atoms with Crippen molar-refractivity contribution in [2.45, 2.75) is 6.17 Å². The zero-order chi connectivity index (χ0) is 14.3. The van der Waals surface area contributed by atoms with E-state index in [0.29, 0.717) is 15.6 Å². The third-order valence-electron chi connectivity index (χ3n) is 3.44. The van der Waals surface area contributed by atoms with E-state index < -0.39 is 0 Å². The molecule has 3 rings (SSSR count). The summed E-state index contributed by atoms with van der Waals surface area (Å²) >= 11 is 12.2. The van der Waals surface area contributed by atoms with Gasteiger partial charge in [0.2, 0.25) is 0 Å². The molecule has 0 spiro atoms. The Morgan fingerprint density at radius 2 is 1.90 bits per heavy atom. The van der Waals surface area contributed by atoms with E-state index in [1.807, 2.05) is 36.2 Å². The van der Waals surface area contributed by atoms with Crippen LogP contribution in [0.4, 0.5) is 5.69 Å². The van der Waals surface area contributed by atoms with E-state index in [4.69, 9.17) is 23.2 Å². The van der Waals surface area contributed by atoms with Crippen LogP contribution >= 0.6 is 23.2 Å². The van der Waals surface area contributed by atoms with Crippen molar-refractivity contribution in [3.05, 3.63) is 63.6 Å². The number of amides is 1. The fourth-order valence-corrected chi connectivity index (χ4v) is 2.93. The molecule has 0 radical (unpaired) electrons. The van der Waals surface area contributed by atoms with Crippen LogP contribution in [-0.4, -0.2) is 13.0 Å². The zero-order valence-corrected chi connectivity index (χ0v) is 12.2. The Bertz CT molecular complexity index is 687. The highest BCUT2D eigenvalue weighted by atomic mass is 35.5. The topological polar surface area (TPSA) is 32.3 Å². The number of nitrogens with zero attached hydrogens (tertiary/aromatic N) is 1. The Hall–Kier alpha value is -1.71. The molecule has 20 heavy (non-hydrogen) atoms. The van der Waals surface area contributed by atoms with Gasteiger partial charge in [-0.2, -0.15) is 0 Å². The fraction of sp³-hybridized carbons (Fsp3) is 0.133. The Labute approximate surface area is 127 Å². The van der Waals surface area contributed by atoms with Gasteiger partial charge in [-0.05, 0) is 24.3 Å². The molecule has 0 aromatic heterocycles. The SMILES string of the molecule is CN1c2ccccc2C(=O)NC1c1ccc(Cl)cc1Cl. The number of para-hydroxylation sites is 1. The molecule has 0 saturated carbocycles. The molecular formula is C15H12Cl2N2O. The summed E-state index contributed by atoms with van der Waals surface area (Å²) in [6.45, 7) is 0. The summed E-state index contributed by atoms with van der Waals surface area (Å²) in [5.74, 6) is -0.102. The first-order chi connectivity index (χ1) is 9.58. The molecule has 1 amide bonds. The highest BCUT2D eigenvalue weighted by Gasteiger charge is 2.30. The first kappa shape index (κ1) is 13.3. The van der Waals surface area contributed by atoms with Gasteiger partial charge in [-0.25, -0.2) is 0 Å². The van der Waals surface area contributed by atoms with Crippen molar-refractivity contribution < 1.29 is 4.79 Å². The summed E-state index contributed by atoms with van der Waals surface area (Å²) in [5.41, 5.74) is 2.37. The molecular weight excluding hydrogens is 295 g/mol. The van der Waals surface area contributed by atoms with Gasteiger partial charge in [0.05, 0.1) is 11.3 Å². The lowest BCUT2D eigenvalue weighted by atomic mass is 10.0. The van der Waals surface area contributed by atoms with Gasteiger partial charge in [0.25, 0.3) is 5.91 Å². The minimum absolute atomic E-state index is 0.102. The number of benzene rings is 2. The van der Waals surface area contributed by atoms with E-state index in [2.05, 4.69) is 5.32 Å². The van der Waals surface area contributed by atoms with Crippen LogP contribution in [0.1, 0.15) is 22.1 Å². The molecule has 2 aromatic carbocycles. The fourth-order valence-electron chi connectivity index (χ4n) is 2.42. The van der Waals surface area contributed by atoms with Crippen molar-refractivity contribution >= 4 is 34.8 Å². The molecule has 2 aromatic rings. The van der Waals surface area contributed by atoms with Gasteiger partial charge in [-0.3, -0.25) is 4.79 Å². The Morgan fingerprint density at radius 1 is 1.15 bits per heavy atom. The molecule has 1 atom stereocenters. The number of carbonyl (C=O) groups is 1. The largest absolute Gasteiger partial charge is 0.350 e. The summed E-state index contributed by atoms with van der Waals surface area (Å²) in [4.78, 5) is 14.2. The molecule has 0 bridgehead atoms. The molecule has 1 aliphatic heterocycles. The Balaban J connectivity index is 2.07. The molecule has 3 nitrogen and oxygen atoms in total. The third-order valence-corrected chi connectivity index (χ3v) is 4.00. The van der Waals surface area contributed by atoms with E-state index in [9.17, 15) is 4.79 Å². The Morgan fingerprint density at radius 3 is 2.65 bits per heavy atom. The van der Waals surface area contributed by atoms with Crippen molar-refractivity contribution in [3.63, 3.8) is 0 Å². The van der Waals surface area contributed by atoms with E-state index in [-0.39, 0.29) is 12.1 Å². The summed E-state index contributed by atoms with van der Waals surface area (Å²) in [5, 5.41) is 4.07. The van der Waals surface area contributed by atoms with E-state index in [0.717, 1.165) is 11.3 Å². The Kier molecular flexibility index (Phi) is 3.32. The molecule has 1 heterocycles. The molecule has 1 unspecified atom stereocenters. The number of nitrogens with one attached hydrogen (secondary N) is 1. The maximum atomic E-state index is 12.2. The molecule has 0 fully saturated rings. The van der Waals surface area contributed by atoms with Gasteiger partial charge < -0.3 is 10.2 Å². The second-order valence-corrected chi connectivity index (χ2v) is 5.51. The zero-order valence-electron chi connectivity index (χ0n) is 10.7. The summed E-state index contributed by atoms with van der Waals surface area (Å²) in [7, 11) is 1.92. The monoisotopic (exact) mass is 306 g/mol. The molecule has 5 heteroatoms.